The molecular weight excluding hydrogens is 309 g/mol. The van der Waals surface area contributed by atoms with Crippen molar-refractivity contribution in [2.45, 2.75) is 23.2 Å². The summed E-state index contributed by atoms with van der Waals surface area (Å²) < 4.78 is -0.00720. The maximum atomic E-state index is 6.00. The number of rotatable bonds is 4. The number of hydrogen-bond donors (Lipinski definition) is 1. The van der Waals surface area contributed by atoms with Crippen molar-refractivity contribution >= 4 is 56.2 Å². The molecule has 5 heteroatoms. The molecule has 0 saturated heterocycles. The maximum absolute atomic E-state index is 6.00. The molecule has 18 heavy (non-hydrogen) atoms. The lowest BCUT2D eigenvalue weighted by Crippen LogP contribution is -2.41. The van der Waals surface area contributed by atoms with Crippen LogP contribution < -0.4 is 5.32 Å². The molecular formula is C13H14Cl3NS. The molecule has 0 aliphatic rings. The van der Waals surface area contributed by atoms with Gasteiger partial charge in [0.2, 0.25) is 3.79 Å². The van der Waals surface area contributed by atoms with Crippen LogP contribution in [0.3, 0.4) is 0 Å². The van der Waals surface area contributed by atoms with E-state index >= 15 is 0 Å². The summed E-state index contributed by atoms with van der Waals surface area (Å²) in [5.74, 6) is 0. The molecule has 1 unspecified atom stereocenters. The fourth-order valence-corrected chi connectivity index (χ4v) is 3.16. The number of fused-ring (bicyclic) bond motifs is 1. The van der Waals surface area contributed by atoms with Gasteiger partial charge in [-0.25, -0.2) is 0 Å². The standard InChI is InChI=1S/C13H14Cl3NS/c1-2-17-12(13(14,15)16)8-9-3-4-11-10(7-9)5-6-18-11/h3-7,12,17H,2,8H2,1H3. The molecule has 1 aromatic carbocycles. The molecule has 1 aromatic heterocycles. The molecule has 0 bridgehead atoms. The van der Waals surface area contributed by atoms with Gasteiger partial charge in [0.1, 0.15) is 0 Å². The Labute approximate surface area is 126 Å². The molecule has 1 N–H and O–H groups in total. The minimum Gasteiger partial charge on any atom is -0.310 e. The minimum atomic E-state index is -1.29. The number of thiophene rings is 1. The maximum Gasteiger partial charge on any atom is 0.205 e. The Hall–Kier alpha value is 0.01000. The van der Waals surface area contributed by atoms with Gasteiger partial charge in [0.15, 0.2) is 0 Å². The number of alkyl halides is 3. The summed E-state index contributed by atoms with van der Waals surface area (Å²) >= 11 is 19.7. The third-order valence-electron chi connectivity index (χ3n) is 2.80. The third-order valence-corrected chi connectivity index (χ3v) is 4.49. The lowest BCUT2D eigenvalue weighted by Gasteiger charge is -2.25. The topological polar surface area (TPSA) is 12.0 Å². The average Bonchev–Trinajstić information content (AvgIpc) is 2.74. The highest BCUT2D eigenvalue weighted by molar-refractivity contribution is 7.17. The Morgan fingerprint density at radius 3 is 2.72 bits per heavy atom. The van der Waals surface area contributed by atoms with Crippen molar-refractivity contribution in [3.05, 3.63) is 35.2 Å². The molecule has 0 aliphatic carbocycles. The highest BCUT2D eigenvalue weighted by Gasteiger charge is 2.31. The summed E-state index contributed by atoms with van der Waals surface area (Å²) in [7, 11) is 0. The molecule has 0 amide bonds. The molecule has 2 aromatic rings. The van der Waals surface area contributed by atoms with Crippen molar-refractivity contribution in [2.75, 3.05) is 6.54 Å². The molecule has 1 heterocycles. The van der Waals surface area contributed by atoms with Crippen LogP contribution in [-0.4, -0.2) is 16.4 Å². The number of benzene rings is 1. The molecule has 98 valence electrons. The van der Waals surface area contributed by atoms with Crippen LogP contribution in [0.5, 0.6) is 0 Å². The first-order valence-electron chi connectivity index (χ1n) is 5.77. The van der Waals surface area contributed by atoms with E-state index in [-0.39, 0.29) is 6.04 Å². The largest absolute Gasteiger partial charge is 0.310 e. The molecule has 0 radical (unpaired) electrons. The van der Waals surface area contributed by atoms with Crippen molar-refractivity contribution in [3.63, 3.8) is 0 Å². The highest BCUT2D eigenvalue weighted by Crippen LogP contribution is 2.32. The second kappa shape index (κ2) is 5.98. The van der Waals surface area contributed by atoms with Gasteiger partial charge in [0.05, 0.1) is 6.04 Å². The Kier molecular flexibility index (Phi) is 4.79. The minimum absolute atomic E-state index is 0.177. The van der Waals surface area contributed by atoms with E-state index in [1.165, 1.54) is 15.6 Å². The SMILES string of the molecule is CCNC(Cc1ccc2sccc2c1)C(Cl)(Cl)Cl. The van der Waals surface area contributed by atoms with Crippen molar-refractivity contribution in [1.82, 2.24) is 5.32 Å². The van der Waals surface area contributed by atoms with Crippen LogP contribution in [0.1, 0.15) is 12.5 Å². The fourth-order valence-electron chi connectivity index (χ4n) is 1.93. The van der Waals surface area contributed by atoms with Crippen LogP contribution >= 0.6 is 46.1 Å². The van der Waals surface area contributed by atoms with Crippen LogP contribution in [0.15, 0.2) is 29.6 Å². The Morgan fingerprint density at radius 2 is 2.06 bits per heavy atom. The van der Waals surface area contributed by atoms with Crippen LogP contribution in [0.2, 0.25) is 0 Å². The number of nitrogens with one attached hydrogen (secondary N) is 1. The van der Waals surface area contributed by atoms with Crippen molar-refractivity contribution in [1.29, 1.82) is 0 Å². The quantitative estimate of drug-likeness (QED) is 0.798. The van der Waals surface area contributed by atoms with E-state index in [4.69, 9.17) is 34.8 Å². The van der Waals surface area contributed by atoms with Crippen LogP contribution in [0.25, 0.3) is 10.1 Å². The molecule has 0 spiro atoms. The first-order chi connectivity index (χ1) is 8.50. The predicted octanol–water partition coefficient (Wildman–Crippen LogP) is 4.79. The van der Waals surface area contributed by atoms with Crippen molar-refractivity contribution < 1.29 is 0 Å². The highest BCUT2D eigenvalue weighted by atomic mass is 35.6. The van der Waals surface area contributed by atoms with Gasteiger partial charge < -0.3 is 5.32 Å². The smallest absolute Gasteiger partial charge is 0.205 e. The van der Waals surface area contributed by atoms with Gasteiger partial charge in [-0.1, -0.05) is 53.9 Å². The van der Waals surface area contributed by atoms with E-state index in [9.17, 15) is 0 Å². The first kappa shape index (κ1) is 14.4. The van der Waals surface area contributed by atoms with E-state index in [1.54, 1.807) is 11.3 Å². The average molecular weight is 323 g/mol. The molecule has 0 saturated carbocycles. The summed E-state index contributed by atoms with van der Waals surface area (Å²) in [4.78, 5) is 0. The van der Waals surface area contributed by atoms with Gasteiger partial charge in [-0.05, 0) is 41.4 Å². The van der Waals surface area contributed by atoms with Gasteiger partial charge >= 0.3 is 0 Å². The van der Waals surface area contributed by atoms with Crippen LogP contribution in [0, 0.1) is 0 Å². The van der Waals surface area contributed by atoms with E-state index in [2.05, 4.69) is 35.0 Å². The summed E-state index contributed by atoms with van der Waals surface area (Å²) in [5.41, 5.74) is 1.18. The zero-order valence-corrected chi connectivity index (χ0v) is 13.0. The summed E-state index contributed by atoms with van der Waals surface area (Å²) in [6.07, 6.45) is 0.704. The van der Waals surface area contributed by atoms with Crippen LogP contribution in [0.4, 0.5) is 0 Å². The summed E-state index contributed by atoms with van der Waals surface area (Å²) in [5, 5.41) is 6.56. The van der Waals surface area contributed by atoms with Gasteiger partial charge in [-0.3, -0.25) is 0 Å². The normalized spacial score (nSPS) is 14.0. The molecule has 2 rings (SSSR count). The third kappa shape index (κ3) is 3.52. The van der Waals surface area contributed by atoms with E-state index in [0.717, 1.165) is 6.54 Å². The van der Waals surface area contributed by atoms with Gasteiger partial charge in [-0.15, -0.1) is 11.3 Å². The van der Waals surface area contributed by atoms with Gasteiger partial charge in [0.25, 0.3) is 0 Å². The second-order valence-electron chi connectivity index (χ2n) is 4.15. The number of hydrogen-bond acceptors (Lipinski definition) is 2. The van der Waals surface area contributed by atoms with Gasteiger partial charge in [-0.2, -0.15) is 0 Å². The van der Waals surface area contributed by atoms with Crippen molar-refractivity contribution in [3.8, 4) is 0 Å². The van der Waals surface area contributed by atoms with Gasteiger partial charge in [0, 0.05) is 4.70 Å². The molecule has 0 aliphatic heterocycles. The van der Waals surface area contributed by atoms with E-state index in [1.807, 2.05) is 6.92 Å². The van der Waals surface area contributed by atoms with Crippen LogP contribution in [-0.2, 0) is 6.42 Å². The zero-order valence-electron chi connectivity index (χ0n) is 9.92. The first-order valence-corrected chi connectivity index (χ1v) is 7.78. The Morgan fingerprint density at radius 1 is 1.28 bits per heavy atom. The lowest BCUT2D eigenvalue weighted by molar-refractivity contribution is 0.532. The van der Waals surface area contributed by atoms with E-state index < -0.39 is 3.79 Å². The van der Waals surface area contributed by atoms with E-state index in [0.29, 0.717) is 6.42 Å². The van der Waals surface area contributed by atoms with Crippen molar-refractivity contribution in [2.24, 2.45) is 0 Å². The summed E-state index contributed by atoms with van der Waals surface area (Å²) in [6.45, 7) is 2.78. The number of halogens is 3. The number of likely N-dealkylation sites (N-methyl/N-ethyl adjacent to an activating group) is 1. The lowest BCUT2D eigenvalue weighted by atomic mass is 10.1. The fraction of sp³-hybridized carbons (Fsp3) is 0.385. The Bertz CT molecular complexity index is 518. The monoisotopic (exact) mass is 321 g/mol. The predicted molar refractivity (Wildman–Crippen MR) is 83.3 cm³/mol. The molecule has 1 nitrogen and oxygen atoms in total. The molecule has 1 atom stereocenters. The molecule has 0 fully saturated rings. The Balaban J connectivity index is 2.19. The summed E-state index contributed by atoms with van der Waals surface area (Å²) in [6, 6.07) is 8.31. The zero-order chi connectivity index (χ0) is 13.2. The second-order valence-corrected chi connectivity index (χ2v) is 7.47.